The summed E-state index contributed by atoms with van der Waals surface area (Å²) in [5.41, 5.74) is 8.96. The van der Waals surface area contributed by atoms with E-state index in [0.29, 0.717) is 5.92 Å². The van der Waals surface area contributed by atoms with Gasteiger partial charge in [-0.15, -0.1) is 0 Å². The average molecular weight is 217 g/mol. The van der Waals surface area contributed by atoms with E-state index in [1.807, 2.05) is 26.0 Å². The molecular weight excluding hydrogens is 198 g/mol. The van der Waals surface area contributed by atoms with E-state index in [1.165, 1.54) is 12.8 Å². The normalized spacial score (nSPS) is 17.2. The zero-order valence-electron chi connectivity index (χ0n) is 9.99. The number of Topliss-reactive ketones (excluding diaryl/α,β-unsaturated/α-hetero) is 1. The van der Waals surface area contributed by atoms with Crippen molar-refractivity contribution < 1.29 is 4.79 Å². The molecule has 2 rings (SSSR count). The lowest BCUT2D eigenvalue weighted by Gasteiger charge is -2.11. The average Bonchev–Trinajstić information content (AvgIpc) is 2.99. The molecular formula is C14H19NO. The minimum Gasteiger partial charge on any atom is -0.321 e. The van der Waals surface area contributed by atoms with Crippen LogP contribution in [0.3, 0.4) is 0 Å². The number of carbonyl (C=O) groups excluding carboxylic acids is 1. The Kier molecular flexibility index (Phi) is 3.10. The van der Waals surface area contributed by atoms with E-state index in [-0.39, 0.29) is 11.8 Å². The molecule has 1 aromatic rings. The van der Waals surface area contributed by atoms with Crippen molar-refractivity contribution in [1.82, 2.24) is 0 Å². The molecule has 86 valence electrons. The molecule has 1 aliphatic carbocycles. The molecule has 2 nitrogen and oxygen atoms in total. The molecule has 0 aromatic heterocycles. The van der Waals surface area contributed by atoms with Gasteiger partial charge in [-0.2, -0.15) is 0 Å². The highest BCUT2D eigenvalue weighted by Crippen LogP contribution is 2.33. The lowest BCUT2D eigenvalue weighted by Crippen LogP contribution is -2.31. The minimum atomic E-state index is -0.311. The van der Waals surface area contributed by atoms with Crippen LogP contribution < -0.4 is 5.73 Å². The lowest BCUT2D eigenvalue weighted by atomic mass is 9.97. The fourth-order valence-corrected chi connectivity index (χ4v) is 2.15. The van der Waals surface area contributed by atoms with E-state index in [4.69, 9.17) is 5.73 Å². The summed E-state index contributed by atoms with van der Waals surface area (Å²) in [5.74, 6) is 0.795. The maximum Gasteiger partial charge on any atom is 0.179 e. The third-order valence-electron chi connectivity index (χ3n) is 3.13. The van der Waals surface area contributed by atoms with Gasteiger partial charge >= 0.3 is 0 Å². The van der Waals surface area contributed by atoms with E-state index >= 15 is 0 Å². The number of carbonyl (C=O) groups is 1. The Morgan fingerprint density at radius 2 is 1.88 bits per heavy atom. The molecule has 0 bridgehead atoms. The first-order valence-corrected chi connectivity index (χ1v) is 5.94. The molecule has 16 heavy (non-hydrogen) atoms. The highest BCUT2D eigenvalue weighted by molar-refractivity contribution is 6.00. The Morgan fingerprint density at radius 1 is 1.31 bits per heavy atom. The second-order valence-corrected chi connectivity index (χ2v) is 5.03. The van der Waals surface area contributed by atoms with Crippen LogP contribution in [0.25, 0.3) is 0 Å². The van der Waals surface area contributed by atoms with Gasteiger partial charge in [-0.1, -0.05) is 30.0 Å². The predicted octanol–water partition coefficient (Wildman–Crippen LogP) is 2.61. The SMILES string of the molecule is Cc1cc(C)cc(C(=O)C(N)CC2CC2)c1. The highest BCUT2D eigenvalue weighted by atomic mass is 16.1. The third-order valence-corrected chi connectivity index (χ3v) is 3.13. The highest BCUT2D eigenvalue weighted by Gasteiger charge is 2.27. The maximum atomic E-state index is 12.1. The van der Waals surface area contributed by atoms with E-state index in [0.717, 1.165) is 23.1 Å². The molecule has 0 amide bonds. The van der Waals surface area contributed by atoms with Gasteiger partial charge in [0.25, 0.3) is 0 Å². The van der Waals surface area contributed by atoms with E-state index in [1.54, 1.807) is 0 Å². The van der Waals surface area contributed by atoms with Crippen molar-refractivity contribution in [2.75, 3.05) is 0 Å². The molecule has 1 aliphatic rings. The minimum absolute atomic E-state index is 0.0960. The van der Waals surface area contributed by atoms with Crippen molar-refractivity contribution in [3.63, 3.8) is 0 Å². The first-order chi connectivity index (χ1) is 7.56. The summed E-state index contributed by atoms with van der Waals surface area (Å²) in [6.07, 6.45) is 3.34. The van der Waals surface area contributed by atoms with Crippen LogP contribution >= 0.6 is 0 Å². The molecule has 0 saturated heterocycles. The van der Waals surface area contributed by atoms with Crippen molar-refractivity contribution >= 4 is 5.78 Å². The van der Waals surface area contributed by atoms with Crippen LogP contribution in [0, 0.1) is 19.8 Å². The zero-order chi connectivity index (χ0) is 11.7. The molecule has 0 aliphatic heterocycles. The fraction of sp³-hybridized carbons (Fsp3) is 0.500. The van der Waals surface area contributed by atoms with Gasteiger partial charge in [0, 0.05) is 5.56 Å². The molecule has 1 atom stereocenters. The number of aryl methyl sites for hydroxylation is 2. The first-order valence-electron chi connectivity index (χ1n) is 5.94. The van der Waals surface area contributed by atoms with Gasteiger partial charge in [0.2, 0.25) is 0 Å². The van der Waals surface area contributed by atoms with Gasteiger partial charge in [0.1, 0.15) is 0 Å². The van der Waals surface area contributed by atoms with Crippen LogP contribution in [-0.2, 0) is 0 Å². The predicted molar refractivity (Wildman–Crippen MR) is 65.6 cm³/mol. The molecule has 1 unspecified atom stereocenters. The van der Waals surface area contributed by atoms with Crippen molar-refractivity contribution in [2.24, 2.45) is 11.7 Å². The van der Waals surface area contributed by atoms with Crippen LogP contribution in [0.4, 0.5) is 0 Å². The number of hydrogen-bond donors (Lipinski definition) is 1. The second-order valence-electron chi connectivity index (χ2n) is 5.03. The van der Waals surface area contributed by atoms with Crippen LogP contribution in [0.5, 0.6) is 0 Å². The molecule has 2 heteroatoms. The van der Waals surface area contributed by atoms with Crippen molar-refractivity contribution in [2.45, 2.75) is 39.2 Å². The monoisotopic (exact) mass is 217 g/mol. The summed E-state index contributed by atoms with van der Waals surface area (Å²) in [4.78, 5) is 12.1. The Hall–Kier alpha value is -1.15. The summed E-state index contributed by atoms with van der Waals surface area (Å²) in [6, 6.07) is 5.63. The van der Waals surface area contributed by atoms with Crippen molar-refractivity contribution in [3.8, 4) is 0 Å². The number of hydrogen-bond acceptors (Lipinski definition) is 2. The van der Waals surface area contributed by atoms with Gasteiger partial charge in [0.05, 0.1) is 6.04 Å². The van der Waals surface area contributed by atoms with Crippen LogP contribution in [-0.4, -0.2) is 11.8 Å². The number of rotatable bonds is 4. The quantitative estimate of drug-likeness (QED) is 0.788. The molecule has 1 aromatic carbocycles. The van der Waals surface area contributed by atoms with Gasteiger partial charge in [-0.05, 0) is 38.3 Å². The lowest BCUT2D eigenvalue weighted by molar-refractivity contribution is 0.0954. The number of ketones is 1. The Balaban J connectivity index is 2.12. The van der Waals surface area contributed by atoms with Gasteiger partial charge in [-0.3, -0.25) is 4.79 Å². The Bertz CT molecular complexity index is 387. The van der Waals surface area contributed by atoms with Crippen LogP contribution in [0.1, 0.15) is 40.7 Å². The Morgan fingerprint density at radius 3 is 2.38 bits per heavy atom. The van der Waals surface area contributed by atoms with Gasteiger partial charge in [0.15, 0.2) is 5.78 Å². The Labute approximate surface area is 96.8 Å². The molecule has 1 fully saturated rings. The molecule has 1 saturated carbocycles. The second kappa shape index (κ2) is 4.38. The molecule has 0 spiro atoms. The molecule has 2 N–H and O–H groups in total. The third kappa shape index (κ3) is 2.70. The van der Waals surface area contributed by atoms with Gasteiger partial charge in [-0.25, -0.2) is 0 Å². The van der Waals surface area contributed by atoms with E-state index in [9.17, 15) is 4.79 Å². The first kappa shape index (κ1) is 11.3. The zero-order valence-corrected chi connectivity index (χ0v) is 9.99. The summed E-state index contributed by atoms with van der Waals surface area (Å²) < 4.78 is 0. The standard InChI is InChI=1S/C14H19NO/c1-9-5-10(2)7-12(6-9)14(16)13(15)8-11-3-4-11/h5-7,11,13H,3-4,8,15H2,1-2H3. The summed E-state index contributed by atoms with van der Waals surface area (Å²) in [5, 5.41) is 0. The van der Waals surface area contributed by atoms with E-state index in [2.05, 4.69) is 6.07 Å². The van der Waals surface area contributed by atoms with Crippen molar-refractivity contribution in [1.29, 1.82) is 0 Å². The van der Waals surface area contributed by atoms with Crippen LogP contribution in [0.15, 0.2) is 18.2 Å². The molecule has 0 radical (unpaired) electrons. The largest absolute Gasteiger partial charge is 0.321 e. The number of nitrogens with two attached hydrogens (primary N) is 1. The van der Waals surface area contributed by atoms with Crippen LogP contribution in [0.2, 0.25) is 0 Å². The van der Waals surface area contributed by atoms with Gasteiger partial charge < -0.3 is 5.73 Å². The summed E-state index contributed by atoms with van der Waals surface area (Å²) in [6.45, 7) is 4.02. The summed E-state index contributed by atoms with van der Waals surface area (Å²) >= 11 is 0. The van der Waals surface area contributed by atoms with Crippen molar-refractivity contribution in [3.05, 3.63) is 34.9 Å². The fourth-order valence-electron chi connectivity index (χ4n) is 2.15. The topological polar surface area (TPSA) is 43.1 Å². The maximum absolute atomic E-state index is 12.1. The number of benzene rings is 1. The summed E-state index contributed by atoms with van der Waals surface area (Å²) in [7, 11) is 0. The van der Waals surface area contributed by atoms with E-state index < -0.39 is 0 Å². The smallest absolute Gasteiger partial charge is 0.179 e. The molecule has 0 heterocycles.